The van der Waals surface area contributed by atoms with Crippen LogP contribution in [0.4, 0.5) is 0 Å². The second-order valence-corrected chi connectivity index (χ2v) is 8.85. The number of carbonyl (C=O) groups excluding carboxylic acids is 3. The van der Waals surface area contributed by atoms with Crippen molar-refractivity contribution in [2.75, 3.05) is 13.1 Å². The van der Waals surface area contributed by atoms with Crippen LogP contribution in [-0.2, 0) is 22.7 Å². The van der Waals surface area contributed by atoms with Gasteiger partial charge in [0.25, 0.3) is 5.91 Å². The Labute approximate surface area is 164 Å². The van der Waals surface area contributed by atoms with Crippen LogP contribution in [0.3, 0.4) is 0 Å². The lowest BCUT2D eigenvalue weighted by Gasteiger charge is -2.32. The molecule has 3 fully saturated rings. The fourth-order valence-electron chi connectivity index (χ4n) is 5.52. The lowest BCUT2D eigenvalue weighted by atomic mass is 9.97. The molecule has 2 bridgehead atoms. The molecule has 1 aromatic carbocycles. The van der Waals surface area contributed by atoms with Crippen molar-refractivity contribution in [2.24, 2.45) is 17.6 Å². The van der Waals surface area contributed by atoms with Crippen LogP contribution >= 0.6 is 0 Å². The molecule has 7 nitrogen and oxygen atoms in total. The first-order valence-corrected chi connectivity index (χ1v) is 10.2. The largest absolute Gasteiger partial charge is 0.327 e. The number of rotatable bonds is 3. The second kappa shape index (κ2) is 6.67. The average molecular weight is 382 g/mol. The van der Waals surface area contributed by atoms with Gasteiger partial charge in [-0.2, -0.15) is 0 Å². The zero-order chi connectivity index (χ0) is 19.4. The summed E-state index contributed by atoms with van der Waals surface area (Å²) in [5.41, 5.74) is 9.10. The van der Waals surface area contributed by atoms with Gasteiger partial charge in [-0.15, -0.1) is 0 Å². The Balaban J connectivity index is 1.29. The molecule has 4 atom stereocenters. The zero-order valence-electron chi connectivity index (χ0n) is 15.9. The molecule has 3 amide bonds. The Morgan fingerprint density at radius 3 is 2.79 bits per heavy atom. The summed E-state index contributed by atoms with van der Waals surface area (Å²) < 4.78 is 0. The SMILES string of the molecule is N[C@@H]1C[C@H]2C[C@@H]1CN(Cc1ccc3c(c1)CN(C1CCC(=O)NC1=O)C3=O)C2. The third-order valence-electron chi connectivity index (χ3n) is 6.85. The minimum absolute atomic E-state index is 0.113. The summed E-state index contributed by atoms with van der Waals surface area (Å²) in [5, 5.41) is 2.35. The number of likely N-dealkylation sites (tertiary alicyclic amines) is 1. The third-order valence-corrected chi connectivity index (χ3v) is 6.85. The summed E-state index contributed by atoms with van der Waals surface area (Å²) in [5.74, 6) is 0.587. The lowest BCUT2D eigenvalue weighted by Crippen LogP contribution is -2.52. The number of hydrogen-bond donors (Lipinski definition) is 2. The molecule has 148 valence electrons. The molecule has 3 heterocycles. The molecule has 1 aliphatic carbocycles. The maximum atomic E-state index is 12.8. The molecule has 7 heteroatoms. The van der Waals surface area contributed by atoms with Crippen molar-refractivity contribution in [1.82, 2.24) is 15.1 Å². The Bertz CT molecular complexity index is 852. The standard InChI is InChI=1S/C21H26N4O3/c22-17-7-13-6-15(17)10-24(9-13)8-12-1-2-16-14(5-12)11-25(21(16)28)18-3-4-19(26)23-20(18)27/h1-2,5,13,15,17-18H,3-4,6-11,22H2,(H,23,26,27)/t13-,15-,17-,18?/m1/s1. The van der Waals surface area contributed by atoms with Crippen LogP contribution in [0.25, 0.3) is 0 Å². The van der Waals surface area contributed by atoms with Crippen LogP contribution in [-0.4, -0.2) is 52.7 Å². The van der Waals surface area contributed by atoms with Crippen LogP contribution in [0.1, 0.15) is 47.2 Å². The summed E-state index contributed by atoms with van der Waals surface area (Å²) in [7, 11) is 0. The van der Waals surface area contributed by atoms with Crippen molar-refractivity contribution in [3.05, 3.63) is 34.9 Å². The van der Waals surface area contributed by atoms with Crippen molar-refractivity contribution in [1.29, 1.82) is 0 Å². The Kier molecular flexibility index (Phi) is 4.25. The van der Waals surface area contributed by atoms with Gasteiger partial charge in [0.05, 0.1) is 0 Å². The van der Waals surface area contributed by atoms with Crippen molar-refractivity contribution in [2.45, 2.75) is 50.9 Å². The molecule has 28 heavy (non-hydrogen) atoms. The number of hydrogen-bond acceptors (Lipinski definition) is 5. The number of fused-ring (bicyclic) bond motifs is 3. The van der Waals surface area contributed by atoms with Gasteiger partial charge in [0.15, 0.2) is 0 Å². The number of imide groups is 1. The van der Waals surface area contributed by atoms with Gasteiger partial charge in [0.2, 0.25) is 11.8 Å². The Hall–Kier alpha value is -2.25. The highest BCUT2D eigenvalue weighted by molar-refractivity contribution is 6.05. The zero-order valence-corrected chi connectivity index (χ0v) is 15.9. The van der Waals surface area contributed by atoms with Crippen LogP contribution in [0, 0.1) is 11.8 Å². The molecular weight excluding hydrogens is 356 g/mol. The molecule has 5 rings (SSSR count). The van der Waals surface area contributed by atoms with E-state index < -0.39 is 6.04 Å². The van der Waals surface area contributed by atoms with E-state index in [0.717, 1.165) is 31.6 Å². The number of piperidine rings is 2. The lowest BCUT2D eigenvalue weighted by molar-refractivity contribution is -0.136. The molecule has 2 saturated heterocycles. The van der Waals surface area contributed by atoms with Gasteiger partial charge in [0.1, 0.15) is 6.04 Å². The normalized spacial score (nSPS) is 32.6. The Morgan fingerprint density at radius 2 is 2.00 bits per heavy atom. The molecule has 0 spiro atoms. The van der Waals surface area contributed by atoms with Crippen molar-refractivity contribution in [3.8, 4) is 0 Å². The van der Waals surface area contributed by atoms with Crippen molar-refractivity contribution in [3.63, 3.8) is 0 Å². The number of nitrogens with zero attached hydrogens (tertiary/aromatic N) is 2. The van der Waals surface area contributed by atoms with E-state index in [-0.39, 0.29) is 24.1 Å². The molecule has 3 aliphatic heterocycles. The maximum Gasteiger partial charge on any atom is 0.255 e. The molecule has 0 radical (unpaired) electrons. The highest BCUT2D eigenvalue weighted by Gasteiger charge is 2.40. The molecule has 0 aromatic heterocycles. The van der Waals surface area contributed by atoms with E-state index in [1.54, 1.807) is 4.90 Å². The summed E-state index contributed by atoms with van der Waals surface area (Å²) in [6.07, 6.45) is 3.08. The molecule has 3 N–H and O–H groups in total. The van der Waals surface area contributed by atoms with Gasteiger partial charge in [-0.25, -0.2) is 0 Å². The first-order valence-electron chi connectivity index (χ1n) is 10.2. The van der Waals surface area contributed by atoms with Gasteiger partial charge in [-0.05, 0) is 48.3 Å². The van der Waals surface area contributed by atoms with Gasteiger partial charge < -0.3 is 10.6 Å². The molecule has 1 unspecified atom stereocenters. The average Bonchev–Trinajstić information content (AvgIpc) is 3.10. The first-order chi connectivity index (χ1) is 13.5. The summed E-state index contributed by atoms with van der Waals surface area (Å²) in [6, 6.07) is 5.81. The van der Waals surface area contributed by atoms with Crippen LogP contribution < -0.4 is 11.1 Å². The number of benzene rings is 1. The highest BCUT2D eigenvalue weighted by atomic mass is 16.2. The monoisotopic (exact) mass is 382 g/mol. The molecule has 4 aliphatic rings. The van der Waals surface area contributed by atoms with Crippen LogP contribution in [0.15, 0.2) is 18.2 Å². The smallest absolute Gasteiger partial charge is 0.255 e. The van der Waals surface area contributed by atoms with Gasteiger partial charge in [-0.3, -0.25) is 24.6 Å². The summed E-state index contributed by atoms with van der Waals surface area (Å²) >= 11 is 0. The third kappa shape index (κ3) is 3.02. The molecular formula is C21H26N4O3. The van der Waals surface area contributed by atoms with E-state index in [2.05, 4.69) is 16.3 Å². The second-order valence-electron chi connectivity index (χ2n) is 8.85. The fraction of sp³-hybridized carbons (Fsp3) is 0.571. The topological polar surface area (TPSA) is 95.7 Å². The highest BCUT2D eigenvalue weighted by Crippen LogP contribution is 2.36. The number of carbonyl (C=O) groups is 3. The van der Waals surface area contributed by atoms with E-state index in [0.29, 0.717) is 36.4 Å². The van der Waals surface area contributed by atoms with Crippen molar-refractivity contribution >= 4 is 17.7 Å². The quantitative estimate of drug-likeness (QED) is 0.747. The maximum absolute atomic E-state index is 12.8. The molecule has 1 aromatic rings. The summed E-state index contributed by atoms with van der Waals surface area (Å²) in [4.78, 5) is 40.4. The van der Waals surface area contributed by atoms with E-state index in [1.807, 2.05) is 12.1 Å². The minimum atomic E-state index is -0.555. The predicted octanol–water partition coefficient (Wildman–Crippen LogP) is 0.617. The number of nitrogens with one attached hydrogen (secondary N) is 1. The van der Waals surface area contributed by atoms with Gasteiger partial charge >= 0.3 is 0 Å². The van der Waals surface area contributed by atoms with Gasteiger partial charge in [-0.1, -0.05) is 12.1 Å². The minimum Gasteiger partial charge on any atom is -0.327 e. The summed E-state index contributed by atoms with van der Waals surface area (Å²) in [6.45, 7) is 3.46. The van der Waals surface area contributed by atoms with E-state index in [1.165, 1.54) is 12.0 Å². The van der Waals surface area contributed by atoms with E-state index >= 15 is 0 Å². The predicted molar refractivity (Wildman–Crippen MR) is 102 cm³/mol. The fourth-order valence-corrected chi connectivity index (χ4v) is 5.52. The van der Waals surface area contributed by atoms with Gasteiger partial charge in [0, 0.05) is 44.2 Å². The van der Waals surface area contributed by atoms with Crippen LogP contribution in [0.2, 0.25) is 0 Å². The molecule has 1 saturated carbocycles. The first kappa shape index (κ1) is 17.8. The van der Waals surface area contributed by atoms with E-state index in [9.17, 15) is 14.4 Å². The number of nitrogens with two attached hydrogens (primary N) is 1. The number of amides is 3. The van der Waals surface area contributed by atoms with Crippen LogP contribution in [0.5, 0.6) is 0 Å². The van der Waals surface area contributed by atoms with Crippen molar-refractivity contribution < 1.29 is 14.4 Å². The Morgan fingerprint density at radius 1 is 1.14 bits per heavy atom. The van der Waals surface area contributed by atoms with E-state index in [4.69, 9.17) is 5.73 Å².